The number of nitrogens with zero attached hydrogens (tertiary/aromatic N) is 6. The van der Waals surface area contributed by atoms with E-state index in [9.17, 15) is 28.8 Å². The monoisotopic (exact) mass is 906 g/mol. The van der Waals surface area contributed by atoms with Crippen LogP contribution >= 0.6 is 11.8 Å². The first kappa shape index (κ1) is 50.9. The predicted octanol–water partition coefficient (Wildman–Crippen LogP) is 5.96. The number of imide groups is 1. The normalized spacial score (nSPS) is 14.9. The van der Waals surface area contributed by atoms with Gasteiger partial charge >= 0.3 is 0 Å². The van der Waals surface area contributed by atoms with Crippen molar-refractivity contribution in [3.8, 4) is 11.5 Å². The summed E-state index contributed by atoms with van der Waals surface area (Å²) in [6.07, 6.45) is 4.93. The molecular weight excluding hydrogens is 849 g/mol. The first-order valence-corrected chi connectivity index (χ1v) is 22.3. The number of nitrogens with two attached hydrogens (primary N) is 1. The van der Waals surface area contributed by atoms with E-state index in [1.54, 1.807) is 30.5 Å². The molecule has 6 rings (SSSR count). The van der Waals surface area contributed by atoms with Crippen molar-refractivity contribution < 1.29 is 33.5 Å². The maximum Gasteiger partial charge on any atom is 0.263 e. The van der Waals surface area contributed by atoms with Gasteiger partial charge in [0.1, 0.15) is 29.2 Å². The molecule has 0 aliphatic carbocycles. The third kappa shape index (κ3) is 15.2. The van der Waals surface area contributed by atoms with E-state index in [-0.39, 0.29) is 59.7 Å². The third-order valence-corrected chi connectivity index (χ3v) is 10.9. The Morgan fingerprint density at radius 2 is 1.72 bits per heavy atom. The molecule has 5 N–H and O–H groups in total. The molecule has 2 saturated heterocycles. The van der Waals surface area contributed by atoms with Crippen LogP contribution in [0.15, 0.2) is 95.1 Å². The molecule has 3 aromatic carbocycles. The standard InChI is InChI=1S/C27H33N7O5.C18H19N3O2S.C2H6/c1-18-28-11-10-23(29-18)34-15-13-33(14-16-34)12-4-7-24(36)30-21-6-3-5-19(20(21)17-35)27(39)32(2)22-8-9-25(37)31-26(22)38;1-13-10-15(23-14-6-4-3-5-7-14)8-9-16(13)21-18(22)17(11-20-2)24-12-19;1-2/h3,5-6,10-11,17,22H,4,7-9,12-16H2,1-2H3,(H,30,36)(H,31,37,38);3-11H,2,12,19H2,1H3,(H,21,22);1-2H3/b;17-11-;. The smallest absolute Gasteiger partial charge is 0.263 e. The molecule has 18 heteroatoms. The topological polar surface area (TPSA) is 222 Å². The molecule has 4 aromatic rings. The third-order valence-electron chi connectivity index (χ3n) is 10.2. The summed E-state index contributed by atoms with van der Waals surface area (Å²) in [5.41, 5.74) is 7.43. The molecule has 0 bridgehead atoms. The van der Waals surface area contributed by atoms with Gasteiger partial charge in [-0.2, -0.15) is 0 Å². The fourth-order valence-electron chi connectivity index (χ4n) is 6.85. The molecule has 2 aliphatic rings. The van der Waals surface area contributed by atoms with Crippen molar-refractivity contribution in [3.63, 3.8) is 0 Å². The number of piperazine rings is 1. The van der Waals surface area contributed by atoms with Gasteiger partial charge in [0.15, 0.2) is 6.29 Å². The van der Waals surface area contributed by atoms with Gasteiger partial charge in [0.2, 0.25) is 17.7 Å². The maximum atomic E-state index is 13.1. The molecule has 344 valence electrons. The number of likely N-dealkylation sites (N-methyl/N-ethyl adjacent to an activating group) is 1. The number of thioether (sulfide) groups is 1. The second kappa shape index (κ2) is 26.1. The Balaban J connectivity index is 0.000000305. The molecule has 0 saturated carbocycles. The summed E-state index contributed by atoms with van der Waals surface area (Å²) in [6, 6.07) is 20.7. The lowest BCUT2D eigenvalue weighted by Crippen LogP contribution is -2.53. The van der Waals surface area contributed by atoms with Gasteiger partial charge in [0.05, 0.1) is 21.7 Å². The average Bonchev–Trinajstić information content (AvgIpc) is 3.30. The van der Waals surface area contributed by atoms with Crippen molar-refractivity contribution in [2.24, 2.45) is 10.7 Å². The summed E-state index contributed by atoms with van der Waals surface area (Å²) < 4.78 is 5.78. The van der Waals surface area contributed by atoms with E-state index in [0.717, 1.165) is 55.7 Å². The van der Waals surface area contributed by atoms with Gasteiger partial charge in [0, 0.05) is 70.0 Å². The number of rotatable bonds is 16. The number of carbonyl (C=O) groups excluding carboxylic acids is 6. The predicted molar refractivity (Wildman–Crippen MR) is 255 cm³/mol. The Labute approximate surface area is 384 Å². The number of hydrogen-bond donors (Lipinski definition) is 4. The van der Waals surface area contributed by atoms with Gasteiger partial charge in [-0.05, 0) is 94.0 Å². The average molecular weight is 907 g/mol. The Kier molecular flexibility index (Phi) is 20.5. The quantitative estimate of drug-likeness (QED) is 0.0336. The van der Waals surface area contributed by atoms with Crippen LogP contribution in [0.25, 0.3) is 0 Å². The van der Waals surface area contributed by atoms with Gasteiger partial charge in [-0.1, -0.05) is 38.1 Å². The molecule has 0 spiro atoms. The molecule has 1 aromatic heterocycles. The Bertz CT molecular complexity index is 2320. The summed E-state index contributed by atoms with van der Waals surface area (Å²) >= 11 is 1.21. The van der Waals surface area contributed by atoms with E-state index in [2.05, 4.69) is 47.4 Å². The minimum absolute atomic E-state index is 0.0473. The van der Waals surface area contributed by atoms with Crippen LogP contribution in [0.5, 0.6) is 11.5 Å². The number of carbonyl (C=O) groups is 6. The highest BCUT2D eigenvalue weighted by molar-refractivity contribution is 8.03. The minimum Gasteiger partial charge on any atom is -0.457 e. The van der Waals surface area contributed by atoms with E-state index in [1.807, 2.05) is 70.2 Å². The number of amides is 5. The number of aryl methyl sites for hydroxylation is 2. The SMILES string of the molecule is C=N/C=C(\SCN)C(=O)Nc1ccc(Oc2ccccc2)cc1C.CC.Cc1nccc(N2CCN(CCCC(=O)Nc3cccc(C(=O)N(C)C4CCC(=O)NC4=O)c3C=O)CC2)n1. The number of aromatic nitrogens is 2. The van der Waals surface area contributed by atoms with Crippen LogP contribution in [0.3, 0.4) is 0 Å². The fourth-order valence-corrected chi connectivity index (χ4v) is 7.36. The van der Waals surface area contributed by atoms with Crippen LogP contribution in [0.1, 0.15) is 71.6 Å². The molecule has 2 fully saturated rings. The molecule has 65 heavy (non-hydrogen) atoms. The van der Waals surface area contributed by atoms with Crippen molar-refractivity contribution in [1.29, 1.82) is 0 Å². The lowest BCUT2D eigenvalue weighted by Gasteiger charge is -2.35. The van der Waals surface area contributed by atoms with E-state index in [0.29, 0.717) is 29.0 Å². The summed E-state index contributed by atoms with van der Waals surface area (Å²) in [7, 11) is 1.45. The van der Waals surface area contributed by atoms with Crippen molar-refractivity contribution >= 4 is 71.5 Å². The Hall–Kier alpha value is -6.76. The van der Waals surface area contributed by atoms with Crippen molar-refractivity contribution in [2.75, 3.05) is 61.2 Å². The van der Waals surface area contributed by atoms with Gasteiger partial charge in [0.25, 0.3) is 11.8 Å². The molecule has 1 atom stereocenters. The molecule has 1 unspecified atom stereocenters. The first-order valence-electron chi connectivity index (χ1n) is 21.3. The molecular formula is C47H58N10O7S. The lowest BCUT2D eigenvalue weighted by atomic mass is 10.0. The number of benzene rings is 3. The maximum absolute atomic E-state index is 13.1. The highest BCUT2D eigenvalue weighted by Gasteiger charge is 2.33. The lowest BCUT2D eigenvalue weighted by molar-refractivity contribution is -0.136. The molecule has 0 radical (unpaired) electrons. The van der Waals surface area contributed by atoms with Crippen molar-refractivity contribution in [3.05, 3.63) is 113 Å². The number of piperidine rings is 1. The number of aliphatic imine (C=N–C) groups is 1. The number of hydrogen-bond acceptors (Lipinski definition) is 14. The van der Waals surface area contributed by atoms with E-state index >= 15 is 0 Å². The van der Waals surface area contributed by atoms with Crippen LogP contribution in [0, 0.1) is 13.8 Å². The summed E-state index contributed by atoms with van der Waals surface area (Å²) in [5.74, 6) is 1.43. The summed E-state index contributed by atoms with van der Waals surface area (Å²) in [6.45, 7) is 15.3. The number of ether oxygens (including phenoxy) is 1. The molecule has 2 aliphatic heterocycles. The fraction of sp³-hybridized carbons (Fsp3) is 0.340. The number of aldehydes is 1. The molecule has 5 amide bonds. The van der Waals surface area contributed by atoms with Crippen LogP contribution in [-0.4, -0.2) is 114 Å². The number of para-hydroxylation sites is 1. The second-order valence-electron chi connectivity index (χ2n) is 14.5. The summed E-state index contributed by atoms with van der Waals surface area (Å²) in [4.78, 5) is 92.1. The van der Waals surface area contributed by atoms with Crippen LogP contribution < -0.4 is 31.3 Å². The van der Waals surface area contributed by atoms with Crippen LogP contribution in [0.4, 0.5) is 17.2 Å². The summed E-state index contributed by atoms with van der Waals surface area (Å²) in [5, 5.41) is 7.83. The van der Waals surface area contributed by atoms with Crippen molar-refractivity contribution in [2.45, 2.75) is 59.4 Å². The number of anilines is 3. The van der Waals surface area contributed by atoms with Crippen LogP contribution in [0.2, 0.25) is 0 Å². The molecule has 17 nitrogen and oxygen atoms in total. The van der Waals surface area contributed by atoms with Gasteiger partial charge in [-0.25, -0.2) is 9.97 Å². The number of nitrogens with one attached hydrogen (secondary N) is 3. The minimum atomic E-state index is -0.820. The van der Waals surface area contributed by atoms with E-state index < -0.39 is 17.9 Å². The highest BCUT2D eigenvalue weighted by atomic mass is 32.2. The zero-order chi connectivity index (χ0) is 47.3. The van der Waals surface area contributed by atoms with Gasteiger partial charge in [-0.3, -0.25) is 44.0 Å². The molecule has 3 heterocycles. The highest BCUT2D eigenvalue weighted by Crippen LogP contribution is 2.27. The van der Waals surface area contributed by atoms with E-state index in [4.69, 9.17) is 10.5 Å². The zero-order valence-electron chi connectivity index (χ0n) is 37.5. The first-order chi connectivity index (χ1) is 31.4. The van der Waals surface area contributed by atoms with E-state index in [1.165, 1.54) is 36.0 Å². The Morgan fingerprint density at radius 3 is 2.37 bits per heavy atom. The van der Waals surface area contributed by atoms with Crippen LogP contribution in [-0.2, 0) is 19.2 Å². The largest absolute Gasteiger partial charge is 0.457 e. The Morgan fingerprint density at radius 1 is 0.985 bits per heavy atom. The van der Waals surface area contributed by atoms with Gasteiger partial charge in [-0.15, -0.1) is 11.8 Å². The van der Waals surface area contributed by atoms with Gasteiger partial charge < -0.3 is 30.9 Å². The second-order valence-corrected chi connectivity index (χ2v) is 15.6. The zero-order valence-corrected chi connectivity index (χ0v) is 38.4. The van der Waals surface area contributed by atoms with Crippen molar-refractivity contribution in [1.82, 2.24) is 25.1 Å².